The Hall–Kier alpha value is -1.08. The van der Waals surface area contributed by atoms with Crippen LogP contribution in [0.2, 0.25) is 0 Å². The molecule has 0 saturated carbocycles. The van der Waals surface area contributed by atoms with Crippen LogP contribution in [-0.4, -0.2) is 8.42 Å². The molecule has 2 aromatic carbocycles. The standard InChI is InChI=1S/C12H8FN2O2S.Na/c13-9-5-1-3-7-11(9)15-12-8-4-2-6-10(12)14-18(15,16)17;/h1-8H;/q-1;+1. The molecule has 1 aliphatic heterocycles. The maximum absolute atomic E-state index is 13.7. The second-order valence-electron chi connectivity index (χ2n) is 3.77. The number of nitrogens with zero attached hydrogens (tertiary/aromatic N) is 2. The van der Waals surface area contributed by atoms with Crippen molar-refractivity contribution in [3.05, 3.63) is 59.1 Å². The number of para-hydroxylation sites is 2. The van der Waals surface area contributed by atoms with Gasteiger partial charge >= 0.3 is 29.6 Å². The van der Waals surface area contributed by atoms with Gasteiger partial charge in [0.2, 0.25) is 0 Å². The van der Waals surface area contributed by atoms with Crippen molar-refractivity contribution in [3.8, 4) is 0 Å². The van der Waals surface area contributed by atoms with Crippen molar-refractivity contribution in [1.29, 1.82) is 0 Å². The van der Waals surface area contributed by atoms with E-state index in [2.05, 4.69) is 4.72 Å². The molecule has 0 aromatic heterocycles. The maximum Gasteiger partial charge on any atom is 1.00 e. The topological polar surface area (TPSA) is 51.5 Å². The summed E-state index contributed by atoms with van der Waals surface area (Å²) in [6, 6.07) is 12.2. The monoisotopic (exact) mass is 286 g/mol. The van der Waals surface area contributed by atoms with Crippen LogP contribution < -0.4 is 33.9 Å². The van der Waals surface area contributed by atoms with Gasteiger partial charge in [-0.3, -0.25) is 0 Å². The summed E-state index contributed by atoms with van der Waals surface area (Å²) in [5.41, 5.74) is 0.662. The van der Waals surface area contributed by atoms with Crippen LogP contribution in [0.15, 0.2) is 48.5 Å². The van der Waals surface area contributed by atoms with Gasteiger partial charge in [-0.1, -0.05) is 30.3 Å². The van der Waals surface area contributed by atoms with E-state index in [1.165, 1.54) is 18.2 Å². The number of benzene rings is 2. The van der Waals surface area contributed by atoms with E-state index < -0.39 is 16.0 Å². The van der Waals surface area contributed by atoms with Crippen LogP contribution in [0.5, 0.6) is 0 Å². The smallest absolute Gasteiger partial charge is 0.557 e. The Morgan fingerprint density at radius 2 is 1.53 bits per heavy atom. The zero-order chi connectivity index (χ0) is 12.8. The fraction of sp³-hybridized carbons (Fsp3) is 0. The van der Waals surface area contributed by atoms with E-state index in [1.807, 2.05) is 0 Å². The molecule has 0 aliphatic carbocycles. The van der Waals surface area contributed by atoms with Crippen molar-refractivity contribution in [1.82, 2.24) is 0 Å². The van der Waals surface area contributed by atoms with Gasteiger partial charge in [0.15, 0.2) is 10.2 Å². The number of rotatable bonds is 1. The van der Waals surface area contributed by atoms with E-state index >= 15 is 0 Å². The summed E-state index contributed by atoms with van der Waals surface area (Å²) < 4.78 is 42.2. The number of anilines is 2. The minimum Gasteiger partial charge on any atom is -0.557 e. The van der Waals surface area contributed by atoms with Gasteiger partial charge in [-0.15, -0.1) is 5.69 Å². The van der Waals surface area contributed by atoms with Gasteiger partial charge in [0.25, 0.3) is 0 Å². The molecule has 0 saturated heterocycles. The third-order valence-corrected chi connectivity index (χ3v) is 3.90. The van der Waals surface area contributed by atoms with Gasteiger partial charge in [-0.2, -0.15) is 0 Å². The summed E-state index contributed by atoms with van der Waals surface area (Å²) in [5, 5.41) is 0. The van der Waals surface area contributed by atoms with E-state index in [0.717, 1.165) is 4.31 Å². The van der Waals surface area contributed by atoms with Crippen LogP contribution in [0.4, 0.5) is 21.5 Å². The Kier molecular flexibility index (Phi) is 3.87. The molecule has 2 aromatic rings. The molecule has 0 radical (unpaired) electrons. The van der Waals surface area contributed by atoms with Gasteiger partial charge < -0.3 is 4.72 Å². The SMILES string of the molecule is O=S1(=O)[N-]c2ccccc2N1c1ccccc1F.[Na+]. The number of halogens is 1. The second-order valence-corrected chi connectivity index (χ2v) is 5.22. The average molecular weight is 286 g/mol. The molecule has 0 atom stereocenters. The quantitative estimate of drug-likeness (QED) is 0.705. The van der Waals surface area contributed by atoms with Crippen molar-refractivity contribution in [2.45, 2.75) is 0 Å². The molecule has 1 heterocycles. The van der Waals surface area contributed by atoms with E-state index in [1.54, 1.807) is 30.3 Å². The summed E-state index contributed by atoms with van der Waals surface area (Å²) in [7, 11) is -3.90. The molecule has 0 spiro atoms. The molecule has 0 bridgehead atoms. The van der Waals surface area contributed by atoms with Gasteiger partial charge in [0.1, 0.15) is 5.82 Å². The molecule has 4 nitrogen and oxygen atoms in total. The summed E-state index contributed by atoms with van der Waals surface area (Å²) in [5.74, 6) is -0.604. The van der Waals surface area contributed by atoms with Gasteiger partial charge in [-0.25, -0.2) is 17.1 Å². The van der Waals surface area contributed by atoms with Crippen LogP contribution >= 0.6 is 0 Å². The summed E-state index contributed by atoms with van der Waals surface area (Å²) in [6.45, 7) is 0. The molecule has 19 heavy (non-hydrogen) atoms. The zero-order valence-electron chi connectivity index (χ0n) is 10.1. The van der Waals surface area contributed by atoms with E-state index in [9.17, 15) is 12.8 Å². The molecule has 0 N–H and O–H groups in total. The van der Waals surface area contributed by atoms with Crippen LogP contribution in [0, 0.1) is 5.82 Å². The van der Waals surface area contributed by atoms with Crippen molar-refractivity contribution in [3.63, 3.8) is 0 Å². The molecular formula is C12H8FN2NaO2S. The van der Waals surface area contributed by atoms with Crippen LogP contribution in [0.3, 0.4) is 0 Å². The van der Waals surface area contributed by atoms with Crippen molar-refractivity contribution >= 4 is 27.3 Å². The average Bonchev–Trinajstić information content (AvgIpc) is 2.60. The molecule has 0 fully saturated rings. The summed E-state index contributed by atoms with van der Waals surface area (Å²) in [4.78, 5) is 0. The first kappa shape index (κ1) is 14.3. The largest absolute Gasteiger partial charge is 1.00 e. The summed E-state index contributed by atoms with van der Waals surface area (Å²) in [6.07, 6.45) is 0. The molecular weight excluding hydrogens is 278 g/mol. The maximum atomic E-state index is 13.7. The van der Waals surface area contributed by atoms with E-state index in [4.69, 9.17) is 0 Å². The fourth-order valence-corrected chi connectivity index (χ4v) is 3.16. The molecule has 92 valence electrons. The zero-order valence-corrected chi connectivity index (χ0v) is 12.9. The minimum absolute atomic E-state index is 0. The van der Waals surface area contributed by atoms with E-state index in [-0.39, 0.29) is 35.2 Å². The predicted octanol–water partition coefficient (Wildman–Crippen LogP) is 0.231. The Morgan fingerprint density at radius 3 is 2.21 bits per heavy atom. The number of fused-ring (bicyclic) bond motifs is 1. The van der Waals surface area contributed by atoms with Crippen LogP contribution in [0.25, 0.3) is 4.72 Å². The molecule has 3 rings (SSSR count). The minimum atomic E-state index is -3.90. The van der Waals surface area contributed by atoms with Crippen molar-refractivity contribution < 1.29 is 42.4 Å². The Labute approximate surface area is 132 Å². The van der Waals surface area contributed by atoms with E-state index in [0.29, 0.717) is 11.4 Å². The number of hydrogen-bond donors (Lipinski definition) is 0. The van der Waals surface area contributed by atoms with Gasteiger partial charge in [-0.05, 0) is 18.2 Å². The first-order chi connectivity index (χ1) is 8.59. The van der Waals surface area contributed by atoms with Gasteiger partial charge in [0, 0.05) is 5.69 Å². The molecule has 1 aliphatic rings. The molecule has 7 heteroatoms. The molecule has 0 unspecified atom stereocenters. The fourth-order valence-electron chi connectivity index (χ4n) is 1.87. The summed E-state index contributed by atoms with van der Waals surface area (Å²) >= 11 is 0. The third kappa shape index (κ3) is 2.36. The van der Waals surface area contributed by atoms with Crippen LogP contribution in [-0.2, 0) is 10.2 Å². The Morgan fingerprint density at radius 1 is 0.947 bits per heavy atom. The Bertz CT molecular complexity index is 721. The first-order valence-electron chi connectivity index (χ1n) is 5.21. The number of hydrogen-bond acceptors (Lipinski definition) is 2. The van der Waals surface area contributed by atoms with Crippen LogP contribution in [0.1, 0.15) is 0 Å². The third-order valence-electron chi connectivity index (χ3n) is 2.62. The normalized spacial score (nSPS) is 15.3. The van der Waals surface area contributed by atoms with Crippen molar-refractivity contribution in [2.24, 2.45) is 0 Å². The Balaban J connectivity index is 0.00000133. The predicted molar refractivity (Wildman–Crippen MR) is 66.9 cm³/mol. The van der Waals surface area contributed by atoms with Gasteiger partial charge in [0.05, 0.1) is 5.69 Å². The van der Waals surface area contributed by atoms with Crippen molar-refractivity contribution in [2.75, 3.05) is 4.31 Å². The second kappa shape index (κ2) is 5.13. The molecule has 0 amide bonds. The first-order valence-corrected chi connectivity index (χ1v) is 6.61.